The van der Waals surface area contributed by atoms with Gasteiger partial charge in [0, 0.05) is 19.2 Å². The molecule has 0 aliphatic heterocycles. The fourth-order valence-corrected chi connectivity index (χ4v) is 1.45. The molecule has 0 radical (unpaired) electrons. The highest BCUT2D eigenvalue weighted by Gasteiger charge is 2.11. The van der Waals surface area contributed by atoms with E-state index in [4.69, 9.17) is 0 Å². The summed E-state index contributed by atoms with van der Waals surface area (Å²) >= 11 is 0. The fraction of sp³-hybridized carbons (Fsp3) is 0.700. The largest absolute Gasteiger partial charge is 0.367 e. The molecule has 1 rings (SSSR count). The Labute approximate surface area is 80.1 Å². The van der Waals surface area contributed by atoms with Gasteiger partial charge in [0.25, 0.3) is 0 Å². The molecule has 0 amide bonds. The van der Waals surface area contributed by atoms with Crippen molar-refractivity contribution in [1.29, 1.82) is 0 Å². The molecular formula is C10H19N3. The predicted octanol–water partition coefficient (Wildman–Crippen LogP) is 2.27. The van der Waals surface area contributed by atoms with Crippen molar-refractivity contribution < 1.29 is 0 Å². The third-order valence-electron chi connectivity index (χ3n) is 2.40. The molecule has 0 aromatic carbocycles. The van der Waals surface area contributed by atoms with Gasteiger partial charge in [0.2, 0.25) is 0 Å². The summed E-state index contributed by atoms with van der Waals surface area (Å²) in [5.41, 5.74) is 0. The van der Waals surface area contributed by atoms with Crippen LogP contribution in [0.1, 0.15) is 27.2 Å². The Kier molecular flexibility index (Phi) is 3.34. The van der Waals surface area contributed by atoms with Gasteiger partial charge in [-0.2, -0.15) is 5.10 Å². The maximum atomic E-state index is 4.12. The van der Waals surface area contributed by atoms with Gasteiger partial charge in [-0.3, -0.25) is 4.68 Å². The maximum Gasteiger partial charge on any atom is 0.124 e. The van der Waals surface area contributed by atoms with E-state index in [1.54, 1.807) is 0 Å². The summed E-state index contributed by atoms with van der Waals surface area (Å²) in [7, 11) is 1.95. The summed E-state index contributed by atoms with van der Waals surface area (Å²) in [6, 6.07) is 2.54. The second-order valence-electron chi connectivity index (χ2n) is 3.74. The summed E-state index contributed by atoms with van der Waals surface area (Å²) in [6.45, 7) is 6.67. The topological polar surface area (TPSA) is 29.9 Å². The molecule has 0 spiro atoms. The molecule has 0 saturated heterocycles. The monoisotopic (exact) mass is 181 g/mol. The zero-order valence-corrected chi connectivity index (χ0v) is 8.91. The molecule has 13 heavy (non-hydrogen) atoms. The summed E-state index contributed by atoms with van der Waals surface area (Å²) in [4.78, 5) is 0. The number of anilines is 1. The number of hydrogen-bond acceptors (Lipinski definition) is 2. The molecule has 1 unspecified atom stereocenters. The lowest BCUT2D eigenvalue weighted by Gasteiger charge is -2.21. The Morgan fingerprint density at radius 2 is 2.23 bits per heavy atom. The van der Waals surface area contributed by atoms with Gasteiger partial charge in [0.05, 0.1) is 6.20 Å². The number of aryl methyl sites for hydroxylation is 1. The van der Waals surface area contributed by atoms with E-state index in [2.05, 4.69) is 31.2 Å². The van der Waals surface area contributed by atoms with Crippen LogP contribution in [0, 0.1) is 5.92 Å². The lowest BCUT2D eigenvalue weighted by Crippen LogP contribution is -2.25. The second kappa shape index (κ2) is 4.30. The maximum absolute atomic E-state index is 4.12. The molecule has 1 N–H and O–H groups in total. The van der Waals surface area contributed by atoms with E-state index in [0.29, 0.717) is 12.0 Å². The van der Waals surface area contributed by atoms with Gasteiger partial charge in [-0.25, -0.2) is 0 Å². The Morgan fingerprint density at radius 1 is 1.54 bits per heavy atom. The Morgan fingerprint density at radius 3 is 2.62 bits per heavy atom. The van der Waals surface area contributed by atoms with Crippen molar-refractivity contribution in [2.45, 2.75) is 33.2 Å². The van der Waals surface area contributed by atoms with Crippen LogP contribution in [-0.4, -0.2) is 15.8 Å². The molecule has 0 aliphatic carbocycles. The molecule has 74 valence electrons. The quantitative estimate of drug-likeness (QED) is 0.772. The summed E-state index contributed by atoms with van der Waals surface area (Å²) in [5, 5.41) is 7.59. The SMILES string of the molecule is CCC(Nc1ccnn1C)C(C)C. The van der Waals surface area contributed by atoms with Gasteiger partial charge in [0.15, 0.2) is 0 Å². The van der Waals surface area contributed by atoms with Crippen molar-refractivity contribution in [3.63, 3.8) is 0 Å². The van der Waals surface area contributed by atoms with E-state index in [-0.39, 0.29) is 0 Å². The van der Waals surface area contributed by atoms with Crippen LogP contribution in [0.2, 0.25) is 0 Å². The molecule has 1 heterocycles. The molecule has 0 aliphatic rings. The molecule has 3 nitrogen and oxygen atoms in total. The first-order chi connectivity index (χ1) is 6.15. The highest BCUT2D eigenvalue weighted by Crippen LogP contribution is 2.13. The smallest absolute Gasteiger partial charge is 0.124 e. The Bertz CT molecular complexity index is 252. The molecule has 0 fully saturated rings. The van der Waals surface area contributed by atoms with E-state index in [1.807, 2.05) is 24.0 Å². The van der Waals surface area contributed by atoms with Gasteiger partial charge in [0.1, 0.15) is 5.82 Å². The number of rotatable bonds is 4. The first kappa shape index (κ1) is 10.1. The minimum Gasteiger partial charge on any atom is -0.367 e. The normalized spacial score (nSPS) is 13.3. The van der Waals surface area contributed by atoms with E-state index in [9.17, 15) is 0 Å². The average molecular weight is 181 g/mol. The summed E-state index contributed by atoms with van der Waals surface area (Å²) < 4.78 is 1.87. The third-order valence-corrected chi connectivity index (χ3v) is 2.40. The van der Waals surface area contributed by atoms with Crippen LogP contribution in [0.15, 0.2) is 12.3 Å². The van der Waals surface area contributed by atoms with Crippen LogP contribution < -0.4 is 5.32 Å². The van der Waals surface area contributed by atoms with Crippen molar-refractivity contribution in [1.82, 2.24) is 9.78 Å². The van der Waals surface area contributed by atoms with Crippen molar-refractivity contribution >= 4 is 5.82 Å². The molecule has 0 bridgehead atoms. The highest BCUT2D eigenvalue weighted by molar-refractivity contribution is 5.34. The lowest BCUT2D eigenvalue weighted by atomic mass is 10.0. The second-order valence-corrected chi connectivity index (χ2v) is 3.74. The van der Waals surface area contributed by atoms with E-state index >= 15 is 0 Å². The zero-order valence-electron chi connectivity index (χ0n) is 8.91. The standard InChI is InChI=1S/C10H19N3/c1-5-9(8(2)3)12-10-6-7-11-13(10)4/h6-9,12H,5H2,1-4H3. The predicted molar refractivity (Wildman–Crippen MR) is 55.7 cm³/mol. The van der Waals surface area contributed by atoms with E-state index < -0.39 is 0 Å². The minimum atomic E-state index is 0.537. The number of nitrogens with one attached hydrogen (secondary N) is 1. The van der Waals surface area contributed by atoms with Gasteiger partial charge in [-0.1, -0.05) is 20.8 Å². The van der Waals surface area contributed by atoms with Crippen molar-refractivity contribution in [2.75, 3.05) is 5.32 Å². The number of nitrogens with zero attached hydrogens (tertiary/aromatic N) is 2. The van der Waals surface area contributed by atoms with Crippen LogP contribution >= 0.6 is 0 Å². The first-order valence-corrected chi connectivity index (χ1v) is 4.89. The van der Waals surface area contributed by atoms with Crippen LogP contribution in [-0.2, 0) is 7.05 Å². The number of aromatic nitrogens is 2. The zero-order chi connectivity index (χ0) is 9.84. The van der Waals surface area contributed by atoms with Crippen molar-refractivity contribution in [3.05, 3.63) is 12.3 Å². The van der Waals surface area contributed by atoms with Crippen LogP contribution in [0.3, 0.4) is 0 Å². The van der Waals surface area contributed by atoms with E-state index in [1.165, 1.54) is 0 Å². The van der Waals surface area contributed by atoms with Gasteiger partial charge < -0.3 is 5.32 Å². The molecule has 1 aromatic heterocycles. The van der Waals surface area contributed by atoms with Crippen LogP contribution in [0.25, 0.3) is 0 Å². The van der Waals surface area contributed by atoms with Gasteiger partial charge in [-0.05, 0) is 12.3 Å². The van der Waals surface area contributed by atoms with E-state index in [0.717, 1.165) is 12.2 Å². The molecular weight excluding hydrogens is 162 g/mol. The van der Waals surface area contributed by atoms with Crippen LogP contribution in [0.4, 0.5) is 5.82 Å². The van der Waals surface area contributed by atoms with Gasteiger partial charge >= 0.3 is 0 Å². The van der Waals surface area contributed by atoms with Crippen molar-refractivity contribution in [2.24, 2.45) is 13.0 Å². The average Bonchev–Trinajstić information content (AvgIpc) is 2.46. The molecule has 3 heteroatoms. The summed E-state index contributed by atoms with van der Waals surface area (Å²) in [5.74, 6) is 1.75. The molecule has 1 atom stereocenters. The minimum absolute atomic E-state index is 0.537. The Hall–Kier alpha value is -0.990. The highest BCUT2D eigenvalue weighted by atomic mass is 15.3. The third kappa shape index (κ3) is 2.47. The molecule has 1 aromatic rings. The van der Waals surface area contributed by atoms with Crippen LogP contribution in [0.5, 0.6) is 0 Å². The fourth-order valence-electron chi connectivity index (χ4n) is 1.45. The first-order valence-electron chi connectivity index (χ1n) is 4.89. The molecule has 0 saturated carbocycles. The van der Waals surface area contributed by atoms with Gasteiger partial charge in [-0.15, -0.1) is 0 Å². The number of hydrogen-bond donors (Lipinski definition) is 1. The summed E-state index contributed by atoms with van der Waals surface area (Å²) in [6.07, 6.45) is 2.96. The van der Waals surface area contributed by atoms with Crippen molar-refractivity contribution in [3.8, 4) is 0 Å². The Balaban J connectivity index is 2.62. The lowest BCUT2D eigenvalue weighted by molar-refractivity contribution is 0.506.